The Kier molecular flexibility index (Phi) is 5.45. The van der Waals surface area contributed by atoms with Gasteiger partial charge in [-0.25, -0.2) is 9.48 Å². The van der Waals surface area contributed by atoms with Crippen LogP contribution in [0.5, 0.6) is 0 Å². The summed E-state index contributed by atoms with van der Waals surface area (Å²) >= 11 is 0. The van der Waals surface area contributed by atoms with Crippen LogP contribution in [0, 0.1) is 12.8 Å². The number of aromatic nitrogens is 2. The Morgan fingerprint density at radius 1 is 1.25 bits per heavy atom. The number of aliphatic carboxylic acids is 1. The van der Waals surface area contributed by atoms with Gasteiger partial charge in [0, 0.05) is 24.6 Å². The zero-order chi connectivity index (χ0) is 20.5. The summed E-state index contributed by atoms with van der Waals surface area (Å²) in [5.74, 6) is -0.776. The van der Waals surface area contributed by atoms with Gasteiger partial charge < -0.3 is 10.0 Å². The van der Waals surface area contributed by atoms with Crippen LogP contribution in [-0.2, 0) is 10.2 Å². The first-order valence-electron chi connectivity index (χ1n) is 9.61. The lowest BCUT2D eigenvalue weighted by Crippen LogP contribution is -2.44. The predicted molar refractivity (Wildman–Crippen MR) is 108 cm³/mol. The smallest absolute Gasteiger partial charge is 0.323 e. The minimum absolute atomic E-state index is 0.173. The standard InChI is InChI=1S/C21H28N4O3/c1-14-7-5-9-16(11-14)25-18(12-17(23-25)21(2,3)4)22-20(28)24-10-6-8-15(13-24)19(26)27/h5,7,9,11-12,15H,6,8,10,13H2,1-4H3,(H,22,28)(H,26,27). The molecule has 2 aromatic rings. The second kappa shape index (κ2) is 7.66. The van der Waals surface area contributed by atoms with E-state index in [4.69, 9.17) is 5.10 Å². The van der Waals surface area contributed by atoms with Crippen molar-refractivity contribution in [2.75, 3.05) is 18.4 Å². The van der Waals surface area contributed by atoms with Crippen LogP contribution >= 0.6 is 0 Å². The van der Waals surface area contributed by atoms with E-state index in [1.54, 1.807) is 9.58 Å². The summed E-state index contributed by atoms with van der Waals surface area (Å²) in [6.45, 7) is 9.01. The molecule has 1 aromatic carbocycles. The van der Waals surface area contributed by atoms with E-state index in [9.17, 15) is 14.7 Å². The number of nitrogens with zero attached hydrogens (tertiary/aromatic N) is 3. The summed E-state index contributed by atoms with van der Waals surface area (Å²) in [6.07, 6.45) is 1.29. The predicted octanol–water partition coefficient (Wildman–Crippen LogP) is 3.81. The molecule has 0 spiro atoms. The molecule has 1 aliphatic rings. The van der Waals surface area contributed by atoms with Crippen molar-refractivity contribution in [2.24, 2.45) is 5.92 Å². The fourth-order valence-electron chi connectivity index (χ4n) is 3.34. The SMILES string of the molecule is Cc1cccc(-n2nc(C(C)(C)C)cc2NC(=O)N2CCCC(C(=O)O)C2)c1. The highest BCUT2D eigenvalue weighted by molar-refractivity contribution is 5.89. The van der Waals surface area contributed by atoms with Crippen molar-refractivity contribution in [2.45, 2.75) is 46.0 Å². The van der Waals surface area contributed by atoms with E-state index in [1.165, 1.54) is 0 Å². The molecule has 0 saturated carbocycles. The molecule has 0 radical (unpaired) electrons. The number of urea groups is 1. The molecule has 2 amide bonds. The fraction of sp³-hybridized carbons (Fsp3) is 0.476. The number of piperidine rings is 1. The molecule has 1 fully saturated rings. The lowest BCUT2D eigenvalue weighted by molar-refractivity contribution is -0.143. The summed E-state index contributed by atoms with van der Waals surface area (Å²) in [4.78, 5) is 25.7. The Labute approximate surface area is 165 Å². The molecule has 150 valence electrons. The minimum atomic E-state index is -0.850. The summed E-state index contributed by atoms with van der Waals surface area (Å²) in [5.41, 5.74) is 2.66. The van der Waals surface area contributed by atoms with Crippen molar-refractivity contribution in [1.29, 1.82) is 0 Å². The first-order chi connectivity index (χ1) is 13.1. The fourth-order valence-corrected chi connectivity index (χ4v) is 3.34. The number of amides is 2. The molecule has 0 aliphatic carbocycles. The number of hydrogen-bond acceptors (Lipinski definition) is 3. The van der Waals surface area contributed by atoms with Crippen LogP contribution in [0.1, 0.15) is 44.9 Å². The van der Waals surface area contributed by atoms with Gasteiger partial charge >= 0.3 is 12.0 Å². The number of likely N-dealkylation sites (tertiary alicyclic amines) is 1. The molecule has 3 rings (SSSR count). The molecule has 1 unspecified atom stereocenters. The minimum Gasteiger partial charge on any atom is -0.481 e. The average Bonchev–Trinajstić information content (AvgIpc) is 3.06. The van der Waals surface area contributed by atoms with Gasteiger partial charge in [0.25, 0.3) is 0 Å². The molecule has 7 heteroatoms. The van der Waals surface area contributed by atoms with Crippen LogP contribution in [0.15, 0.2) is 30.3 Å². The van der Waals surface area contributed by atoms with E-state index in [-0.39, 0.29) is 18.0 Å². The van der Waals surface area contributed by atoms with Crippen molar-refractivity contribution in [3.63, 3.8) is 0 Å². The van der Waals surface area contributed by atoms with E-state index in [2.05, 4.69) is 26.1 Å². The number of rotatable bonds is 3. The number of carboxylic acids is 1. The average molecular weight is 384 g/mol. The largest absolute Gasteiger partial charge is 0.481 e. The first kappa shape index (κ1) is 19.9. The van der Waals surface area contributed by atoms with Crippen molar-refractivity contribution in [1.82, 2.24) is 14.7 Å². The molecule has 28 heavy (non-hydrogen) atoms. The maximum absolute atomic E-state index is 12.8. The maximum atomic E-state index is 12.8. The third kappa shape index (κ3) is 4.35. The van der Waals surface area contributed by atoms with E-state index in [1.807, 2.05) is 37.3 Å². The van der Waals surface area contributed by atoms with Crippen molar-refractivity contribution < 1.29 is 14.7 Å². The normalized spacial score (nSPS) is 17.4. The third-order valence-electron chi connectivity index (χ3n) is 5.02. The number of carboxylic acid groups (broad SMARTS) is 1. The molecule has 1 aliphatic heterocycles. The molecule has 2 N–H and O–H groups in total. The number of carbonyl (C=O) groups is 2. The number of aryl methyl sites for hydroxylation is 1. The topological polar surface area (TPSA) is 87.5 Å². The summed E-state index contributed by atoms with van der Waals surface area (Å²) in [6, 6.07) is 9.52. The molecular formula is C21H28N4O3. The summed E-state index contributed by atoms with van der Waals surface area (Å²) < 4.78 is 1.74. The van der Waals surface area contributed by atoms with Crippen molar-refractivity contribution in [3.05, 3.63) is 41.6 Å². The Morgan fingerprint density at radius 2 is 2.00 bits per heavy atom. The van der Waals surface area contributed by atoms with Gasteiger partial charge in [0.2, 0.25) is 0 Å². The van der Waals surface area contributed by atoms with Crippen LogP contribution in [0.3, 0.4) is 0 Å². The monoisotopic (exact) mass is 384 g/mol. The van der Waals surface area contributed by atoms with Gasteiger partial charge in [0.1, 0.15) is 5.82 Å². The number of benzene rings is 1. The van der Waals surface area contributed by atoms with Gasteiger partial charge in [-0.1, -0.05) is 32.9 Å². The number of nitrogens with one attached hydrogen (secondary N) is 1. The lowest BCUT2D eigenvalue weighted by atomic mass is 9.92. The van der Waals surface area contributed by atoms with Gasteiger partial charge in [0.05, 0.1) is 17.3 Å². The molecule has 0 bridgehead atoms. The summed E-state index contributed by atoms with van der Waals surface area (Å²) in [5, 5.41) is 16.9. The number of carbonyl (C=O) groups excluding carboxylic acids is 1. The Balaban J connectivity index is 1.89. The quantitative estimate of drug-likeness (QED) is 0.842. The molecular weight excluding hydrogens is 356 g/mol. The third-order valence-corrected chi connectivity index (χ3v) is 5.02. The highest BCUT2D eigenvalue weighted by atomic mass is 16.4. The second-order valence-electron chi connectivity index (χ2n) is 8.47. The Bertz CT molecular complexity index is 882. The number of hydrogen-bond donors (Lipinski definition) is 2. The molecule has 7 nitrogen and oxygen atoms in total. The van der Waals surface area contributed by atoms with Crippen molar-refractivity contribution >= 4 is 17.8 Å². The van der Waals surface area contributed by atoms with Crippen LogP contribution in [0.4, 0.5) is 10.6 Å². The highest BCUT2D eigenvalue weighted by Gasteiger charge is 2.29. The first-order valence-corrected chi connectivity index (χ1v) is 9.61. The Hall–Kier alpha value is -2.83. The lowest BCUT2D eigenvalue weighted by Gasteiger charge is -2.30. The van der Waals surface area contributed by atoms with Crippen LogP contribution in [-0.4, -0.2) is 44.9 Å². The van der Waals surface area contributed by atoms with Crippen LogP contribution in [0.25, 0.3) is 5.69 Å². The molecule has 1 aromatic heterocycles. The zero-order valence-corrected chi connectivity index (χ0v) is 16.9. The van der Waals surface area contributed by atoms with E-state index >= 15 is 0 Å². The van der Waals surface area contributed by atoms with Gasteiger partial charge in [-0.05, 0) is 37.5 Å². The van der Waals surface area contributed by atoms with Crippen molar-refractivity contribution in [3.8, 4) is 5.69 Å². The van der Waals surface area contributed by atoms with Crippen LogP contribution < -0.4 is 5.32 Å². The van der Waals surface area contributed by atoms with Gasteiger partial charge in [-0.15, -0.1) is 0 Å². The molecule has 1 saturated heterocycles. The zero-order valence-electron chi connectivity index (χ0n) is 16.9. The number of anilines is 1. The van der Waals surface area contributed by atoms with Gasteiger partial charge in [-0.2, -0.15) is 5.10 Å². The maximum Gasteiger partial charge on any atom is 0.323 e. The second-order valence-corrected chi connectivity index (χ2v) is 8.47. The van der Waals surface area contributed by atoms with Gasteiger partial charge in [-0.3, -0.25) is 10.1 Å². The van der Waals surface area contributed by atoms with E-state index in [0.29, 0.717) is 25.2 Å². The molecule has 1 atom stereocenters. The molecule has 2 heterocycles. The summed E-state index contributed by atoms with van der Waals surface area (Å²) in [7, 11) is 0. The van der Waals surface area contributed by atoms with E-state index < -0.39 is 11.9 Å². The van der Waals surface area contributed by atoms with E-state index in [0.717, 1.165) is 16.9 Å². The Morgan fingerprint density at radius 3 is 2.64 bits per heavy atom. The highest BCUT2D eigenvalue weighted by Crippen LogP contribution is 2.27. The van der Waals surface area contributed by atoms with Gasteiger partial charge in [0.15, 0.2) is 0 Å². The van der Waals surface area contributed by atoms with Crippen LogP contribution in [0.2, 0.25) is 0 Å².